The molecule has 0 radical (unpaired) electrons. The maximum absolute atomic E-state index is 2.64. The number of anilines is 2. The van der Waals surface area contributed by atoms with E-state index in [0.717, 1.165) is 47.7 Å². The lowest BCUT2D eigenvalue weighted by atomic mass is 9.84. The van der Waals surface area contributed by atoms with Gasteiger partial charge < -0.3 is 27.7 Å². The number of hydrogen-bond donors (Lipinski definition) is 0. The van der Waals surface area contributed by atoms with Crippen molar-refractivity contribution < 1.29 is 0 Å². The first-order valence-corrected chi connectivity index (χ1v) is 30.2. The zero-order valence-corrected chi connectivity index (χ0v) is 46.9. The molecule has 1 aliphatic heterocycles. The second kappa shape index (κ2) is 17.7. The van der Waals surface area contributed by atoms with Crippen LogP contribution in [0.1, 0.15) is 64.6 Å². The number of aromatic nitrogens is 5. The van der Waals surface area contributed by atoms with E-state index >= 15 is 0 Å². The summed E-state index contributed by atoms with van der Waals surface area (Å²) in [5, 5.41) is 8.87. The lowest BCUT2D eigenvalue weighted by Gasteiger charge is -2.32. The quantitative estimate of drug-likeness (QED) is 0.163. The van der Waals surface area contributed by atoms with E-state index in [1.807, 2.05) is 0 Å². The predicted octanol–water partition coefficient (Wildman–Crippen LogP) is 19.9. The van der Waals surface area contributed by atoms with E-state index < -0.39 is 0 Å². The van der Waals surface area contributed by atoms with Crippen molar-refractivity contribution in [2.45, 2.75) is 38.1 Å². The molecule has 0 bridgehead atoms. The molecule has 4 aliphatic rings. The molecule has 3 atom stereocenters. The summed E-state index contributed by atoms with van der Waals surface area (Å²) in [5.41, 5.74) is 25.9. The van der Waals surface area contributed by atoms with Crippen molar-refractivity contribution in [3.05, 3.63) is 288 Å². The van der Waals surface area contributed by atoms with Gasteiger partial charge in [-0.3, -0.25) is 0 Å². The Morgan fingerprint density at radius 3 is 1.67 bits per heavy atom. The molecule has 3 unspecified atom stereocenters. The van der Waals surface area contributed by atoms with Crippen LogP contribution in [0.4, 0.5) is 11.4 Å². The van der Waals surface area contributed by atoms with Crippen LogP contribution < -0.4 is 4.90 Å². The Morgan fingerprint density at radius 2 is 0.929 bits per heavy atom. The number of para-hydroxylation sites is 7. The number of benzene rings is 10. The van der Waals surface area contributed by atoms with E-state index in [1.165, 1.54) is 127 Å². The van der Waals surface area contributed by atoms with Crippen LogP contribution in [-0.4, -0.2) is 22.8 Å². The van der Waals surface area contributed by atoms with Crippen molar-refractivity contribution in [3.8, 4) is 28.4 Å². The molecule has 3 aliphatic carbocycles. The molecule has 10 aromatic carbocycles. The monoisotopic (exact) mass is 1090 g/mol. The van der Waals surface area contributed by atoms with Gasteiger partial charge >= 0.3 is 0 Å². The van der Waals surface area contributed by atoms with E-state index in [9.17, 15) is 0 Å². The van der Waals surface area contributed by atoms with Gasteiger partial charge in [-0.05, 0) is 139 Å². The first kappa shape index (κ1) is 47.0. The average Bonchev–Trinajstić information content (AvgIpc) is 1.78. The largest absolute Gasteiger partial charge is 0.333 e. The second-order valence-corrected chi connectivity index (χ2v) is 23.9. The highest BCUT2D eigenvalue weighted by atomic mass is 15.2. The molecule has 0 fully saturated rings. The summed E-state index contributed by atoms with van der Waals surface area (Å²) in [6.45, 7) is 2.34. The van der Waals surface area contributed by atoms with Gasteiger partial charge in [0.1, 0.15) is 0 Å². The molecule has 6 nitrogen and oxygen atoms in total. The lowest BCUT2D eigenvalue weighted by molar-refractivity contribution is 0.669. The van der Waals surface area contributed by atoms with Gasteiger partial charge in [0.15, 0.2) is 0 Å². The van der Waals surface area contributed by atoms with Crippen LogP contribution in [0.2, 0.25) is 0 Å². The number of nitrogens with zero attached hydrogens (tertiary/aromatic N) is 6. The average molecular weight is 1090 g/mol. The van der Waals surface area contributed by atoms with Crippen molar-refractivity contribution in [3.63, 3.8) is 0 Å². The lowest BCUT2D eigenvalue weighted by Crippen LogP contribution is -2.24. The van der Waals surface area contributed by atoms with Gasteiger partial charge in [-0.15, -0.1) is 0 Å². The summed E-state index contributed by atoms with van der Waals surface area (Å²) in [6.07, 6.45) is 17.3. The van der Waals surface area contributed by atoms with E-state index in [0.29, 0.717) is 5.92 Å². The van der Waals surface area contributed by atoms with Crippen LogP contribution in [-0.2, 0) is 12.8 Å². The molecule has 0 saturated heterocycles. The fourth-order valence-corrected chi connectivity index (χ4v) is 16.0. The number of fused-ring (bicyclic) bond motifs is 20. The maximum Gasteiger partial charge on any atom is 0.0722 e. The highest BCUT2D eigenvalue weighted by molar-refractivity contribution is 6.22. The molecule has 0 amide bonds. The van der Waals surface area contributed by atoms with Gasteiger partial charge in [-0.25, -0.2) is 0 Å². The van der Waals surface area contributed by atoms with Crippen LogP contribution in [0.5, 0.6) is 0 Å². The number of hydrogen-bond acceptors (Lipinski definition) is 1. The minimum atomic E-state index is 0.0966. The molecule has 0 N–H and O–H groups in total. The summed E-state index contributed by atoms with van der Waals surface area (Å²) in [7, 11) is 0. The van der Waals surface area contributed by atoms with E-state index in [4.69, 9.17) is 0 Å². The van der Waals surface area contributed by atoms with Crippen molar-refractivity contribution in [2.24, 2.45) is 5.92 Å². The van der Waals surface area contributed by atoms with Gasteiger partial charge in [-0.1, -0.05) is 171 Å². The van der Waals surface area contributed by atoms with Crippen LogP contribution in [0.15, 0.2) is 249 Å². The summed E-state index contributed by atoms with van der Waals surface area (Å²) >= 11 is 0. The summed E-state index contributed by atoms with van der Waals surface area (Å²) < 4.78 is 12.8. The fraction of sp³-hybridized carbons (Fsp3) is 0.0886. The third-order valence-electron chi connectivity index (χ3n) is 19.4. The van der Waals surface area contributed by atoms with E-state index in [2.05, 4.69) is 302 Å². The predicted molar refractivity (Wildman–Crippen MR) is 354 cm³/mol. The molecular formula is C79H56N6. The van der Waals surface area contributed by atoms with Crippen LogP contribution >= 0.6 is 0 Å². The molecule has 402 valence electrons. The topological polar surface area (TPSA) is 27.9 Å². The molecule has 6 heterocycles. The SMILES string of the molecule is CC1C=Cc2c(c3ccccc3n2-c2cc(-n3c4ccccc4c4ccccc43)cc(-n3c4ccccc4c4c5c(ccc43)c3c(n5-c4cccc(-n5c6c(c7ccccc75)C5C(C=C6)c6ccccc6N5c5ccccc5)c4)CCC=C3)c2)C1. The van der Waals surface area contributed by atoms with Gasteiger partial charge in [0.05, 0.1) is 67.4 Å². The summed E-state index contributed by atoms with van der Waals surface area (Å²) in [6, 6.07) is 86.7. The molecule has 6 heteroatoms. The molecule has 0 saturated carbocycles. The minimum absolute atomic E-state index is 0.0966. The van der Waals surface area contributed by atoms with Crippen molar-refractivity contribution in [1.82, 2.24) is 22.8 Å². The van der Waals surface area contributed by atoms with Crippen molar-refractivity contribution in [2.75, 3.05) is 4.90 Å². The van der Waals surface area contributed by atoms with Gasteiger partial charge in [0.25, 0.3) is 0 Å². The highest BCUT2D eigenvalue weighted by Crippen LogP contribution is 2.58. The molecule has 85 heavy (non-hydrogen) atoms. The Hall–Kier alpha value is -10.6. The third kappa shape index (κ3) is 6.54. The number of allylic oxidation sites excluding steroid dienone is 2. The maximum atomic E-state index is 2.64. The van der Waals surface area contributed by atoms with Gasteiger partial charge in [0, 0.05) is 88.9 Å². The van der Waals surface area contributed by atoms with Crippen LogP contribution in [0.25, 0.3) is 123 Å². The Bertz CT molecular complexity index is 5400. The highest BCUT2D eigenvalue weighted by Gasteiger charge is 2.44. The fourth-order valence-electron chi connectivity index (χ4n) is 16.0. The zero-order chi connectivity index (χ0) is 55.6. The van der Waals surface area contributed by atoms with E-state index in [1.54, 1.807) is 0 Å². The van der Waals surface area contributed by atoms with Gasteiger partial charge in [0.2, 0.25) is 0 Å². The smallest absolute Gasteiger partial charge is 0.0722 e. The molecule has 0 spiro atoms. The van der Waals surface area contributed by atoms with Crippen molar-refractivity contribution >= 4 is 106 Å². The van der Waals surface area contributed by atoms with Gasteiger partial charge in [-0.2, -0.15) is 0 Å². The Kier molecular flexibility index (Phi) is 9.80. The second-order valence-electron chi connectivity index (χ2n) is 23.9. The molecule has 19 rings (SSSR count). The zero-order valence-electron chi connectivity index (χ0n) is 46.9. The van der Waals surface area contributed by atoms with Crippen LogP contribution in [0, 0.1) is 5.92 Å². The first-order valence-electron chi connectivity index (χ1n) is 30.2. The molecule has 15 aromatic rings. The number of rotatable bonds is 6. The normalized spacial score (nSPS) is 16.8. The van der Waals surface area contributed by atoms with Crippen molar-refractivity contribution in [1.29, 1.82) is 0 Å². The Morgan fingerprint density at radius 1 is 0.388 bits per heavy atom. The summed E-state index contributed by atoms with van der Waals surface area (Å²) in [4.78, 5) is 2.59. The third-order valence-corrected chi connectivity index (χ3v) is 19.4. The first-order chi connectivity index (χ1) is 42.1. The standard InChI is InChI=1S/C79H56N6/c1-49-38-41-73-65(44-49)60-28-9-14-33-68(60)82(73)54-46-53(81-66-31-12-5-24-56(66)57-25-6-13-32-67(57)81)47-55(48-54)83-72-37-18-11-30-64(72)77-75(83)43-40-62-59-27-8-16-35-70(59)85(79(62)77)52-23-19-22-51(45-52)80-71-36-17-10-29-63(71)76-74(80)42-39-61-58-26-7-15-34-69(58)84(78(61)76)50-20-3-2-4-21-50/h2-15,17-34,36-43,45-49,61,78H,16,35,44H2,1H3. The van der Waals surface area contributed by atoms with E-state index in [-0.39, 0.29) is 12.0 Å². The Balaban J connectivity index is 0.854. The summed E-state index contributed by atoms with van der Waals surface area (Å²) in [5.74, 6) is 0.678. The van der Waals surface area contributed by atoms with Crippen LogP contribution in [0.3, 0.4) is 0 Å². The Labute approximate surface area is 491 Å². The molecular weight excluding hydrogens is 1030 g/mol. The minimum Gasteiger partial charge on any atom is -0.333 e. The molecule has 5 aromatic heterocycles.